The maximum Gasteiger partial charge on any atom is 0.339 e. The van der Waals surface area contributed by atoms with Crippen LogP contribution in [0.15, 0.2) is 54.9 Å². The van der Waals surface area contributed by atoms with Crippen LogP contribution in [0.25, 0.3) is 11.3 Å². The van der Waals surface area contributed by atoms with Crippen LogP contribution >= 0.6 is 22.6 Å². The summed E-state index contributed by atoms with van der Waals surface area (Å²) < 4.78 is 12.3. The molecular weight excluding hydrogens is 507 g/mol. The number of piperidine rings is 1. The number of carbonyl (C=O) groups excluding carboxylic acids is 1. The largest absolute Gasteiger partial charge is 0.489 e. The van der Waals surface area contributed by atoms with Gasteiger partial charge in [0.1, 0.15) is 11.9 Å². The Morgan fingerprint density at radius 2 is 1.94 bits per heavy atom. The fraction of sp³-hybridized carbons (Fsp3) is 0.304. The molecule has 8 heteroatoms. The number of ether oxygens (including phenoxy) is 2. The van der Waals surface area contributed by atoms with E-state index >= 15 is 0 Å². The van der Waals surface area contributed by atoms with Gasteiger partial charge in [-0.3, -0.25) is 4.98 Å². The van der Waals surface area contributed by atoms with Gasteiger partial charge in [0.15, 0.2) is 5.82 Å². The van der Waals surface area contributed by atoms with Crippen LogP contribution in [0, 0.1) is 3.57 Å². The summed E-state index contributed by atoms with van der Waals surface area (Å²) in [5.41, 5.74) is 1.80. The summed E-state index contributed by atoms with van der Waals surface area (Å²) in [5, 5.41) is 8.76. The average Bonchev–Trinajstić information content (AvgIpc) is 2.81. The second-order valence-electron chi connectivity index (χ2n) is 7.19. The van der Waals surface area contributed by atoms with Crippen molar-refractivity contribution in [3.8, 4) is 17.0 Å². The van der Waals surface area contributed by atoms with E-state index in [9.17, 15) is 4.79 Å². The number of hydrogen-bond acceptors (Lipinski definition) is 7. The molecule has 0 amide bonds. The van der Waals surface area contributed by atoms with Crippen molar-refractivity contribution in [1.29, 1.82) is 0 Å². The second kappa shape index (κ2) is 10.0. The van der Waals surface area contributed by atoms with Crippen molar-refractivity contribution in [3.63, 3.8) is 0 Å². The Labute approximate surface area is 194 Å². The van der Waals surface area contributed by atoms with Gasteiger partial charge in [0, 0.05) is 43.9 Å². The topological polar surface area (TPSA) is 77.4 Å². The summed E-state index contributed by atoms with van der Waals surface area (Å²) in [4.78, 5) is 18.3. The zero-order chi connectivity index (χ0) is 21.6. The predicted octanol–water partition coefficient (Wildman–Crippen LogP) is 4.37. The Hall–Kier alpha value is -2.75. The minimum absolute atomic E-state index is 0.205. The number of para-hydroxylation sites is 1. The van der Waals surface area contributed by atoms with Crippen LogP contribution in [0.2, 0.25) is 0 Å². The Balaban J connectivity index is 1.38. The zero-order valence-electron chi connectivity index (χ0n) is 17.2. The quantitative estimate of drug-likeness (QED) is 0.346. The average molecular weight is 530 g/mol. The van der Waals surface area contributed by atoms with Gasteiger partial charge < -0.3 is 14.4 Å². The third-order valence-electron chi connectivity index (χ3n) is 5.09. The van der Waals surface area contributed by atoms with Gasteiger partial charge in [0.25, 0.3) is 0 Å². The Kier molecular flexibility index (Phi) is 6.96. The highest BCUT2D eigenvalue weighted by molar-refractivity contribution is 14.1. The summed E-state index contributed by atoms with van der Waals surface area (Å²) in [5.74, 6) is 1.40. The minimum Gasteiger partial charge on any atom is -0.489 e. The molecule has 0 aliphatic carbocycles. The normalized spacial score (nSPS) is 14.3. The first kappa shape index (κ1) is 21.5. The van der Waals surface area contributed by atoms with Crippen molar-refractivity contribution in [2.75, 3.05) is 24.6 Å². The molecule has 160 valence electrons. The van der Waals surface area contributed by atoms with E-state index in [-0.39, 0.29) is 6.10 Å². The van der Waals surface area contributed by atoms with E-state index in [2.05, 4.69) is 48.7 Å². The number of rotatable bonds is 6. The predicted molar refractivity (Wildman–Crippen MR) is 126 cm³/mol. The molecule has 1 aromatic carbocycles. The molecule has 0 unspecified atom stereocenters. The van der Waals surface area contributed by atoms with Gasteiger partial charge >= 0.3 is 5.97 Å². The SMILES string of the molecule is CCOC(=O)c1cncc(-c2ccc(N3CCC(Oc4ccccc4I)CC3)nn2)c1. The molecule has 3 aromatic rings. The van der Waals surface area contributed by atoms with Gasteiger partial charge in [0.05, 0.1) is 21.4 Å². The summed E-state index contributed by atoms with van der Waals surface area (Å²) in [6.45, 7) is 3.82. The first-order valence-corrected chi connectivity index (χ1v) is 11.3. The summed E-state index contributed by atoms with van der Waals surface area (Å²) in [7, 11) is 0. The summed E-state index contributed by atoms with van der Waals surface area (Å²) in [6.07, 6.45) is 5.22. The fourth-order valence-electron chi connectivity index (χ4n) is 3.48. The van der Waals surface area contributed by atoms with Gasteiger partial charge in [-0.25, -0.2) is 4.79 Å². The number of pyridine rings is 1. The van der Waals surface area contributed by atoms with E-state index in [1.807, 2.05) is 30.3 Å². The monoisotopic (exact) mass is 530 g/mol. The lowest BCUT2D eigenvalue weighted by molar-refractivity contribution is 0.0526. The highest BCUT2D eigenvalue weighted by Gasteiger charge is 2.22. The van der Waals surface area contributed by atoms with E-state index in [0.717, 1.165) is 46.6 Å². The molecule has 1 aliphatic heterocycles. The van der Waals surface area contributed by atoms with Crippen LogP contribution in [0.1, 0.15) is 30.1 Å². The first-order valence-electron chi connectivity index (χ1n) is 10.3. The molecule has 7 nitrogen and oxygen atoms in total. The van der Waals surface area contributed by atoms with Crippen molar-refractivity contribution in [2.24, 2.45) is 0 Å². The molecule has 2 aromatic heterocycles. The Morgan fingerprint density at radius 1 is 1.13 bits per heavy atom. The molecule has 0 atom stereocenters. The number of benzene rings is 1. The van der Waals surface area contributed by atoms with Crippen LogP contribution < -0.4 is 9.64 Å². The van der Waals surface area contributed by atoms with E-state index < -0.39 is 5.97 Å². The molecule has 0 saturated carbocycles. The van der Waals surface area contributed by atoms with E-state index in [4.69, 9.17) is 9.47 Å². The number of halogens is 1. The van der Waals surface area contributed by atoms with Gasteiger partial charge in [-0.05, 0) is 59.8 Å². The smallest absolute Gasteiger partial charge is 0.339 e. The molecule has 1 saturated heterocycles. The van der Waals surface area contributed by atoms with Crippen LogP contribution in [0.4, 0.5) is 5.82 Å². The first-order chi connectivity index (χ1) is 15.1. The van der Waals surface area contributed by atoms with Crippen molar-refractivity contribution in [3.05, 3.63) is 64.0 Å². The third kappa shape index (κ3) is 5.30. The van der Waals surface area contributed by atoms with E-state index in [1.165, 1.54) is 6.20 Å². The molecule has 31 heavy (non-hydrogen) atoms. The van der Waals surface area contributed by atoms with Crippen molar-refractivity contribution < 1.29 is 14.3 Å². The lowest BCUT2D eigenvalue weighted by atomic mass is 10.1. The number of carbonyl (C=O) groups is 1. The molecular formula is C23H23IN4O3. The molecule has 0 spiro atoms. The Bertz CT molecular complexity index is 1040. The molecule has 0 bridgehead atoms. The second-order valence-corrected chi connectivity index (χ2v) is 8.36. The van der Waals surface area contributed by atoms with Crippen LogP contribution in [0.5, 0.6) is 5.75 Å². The maximum atomic E-state index is 11.9. The van der Waals surface area contributed by atoms with Gasteiger partial charge in [-0.2, -0.15) is 0 Å². The molecule has 0 N–H and O–H groups in total. The van der Waals surface area contributed by atoms with Crippen molar-refractivity contribution in [1.82, 2.24) is 15.2 Å². The van der Waals surface area contributed by atoms with E-state index in [1.54, 1.807) is 19.2 Å². The van der Waals surface area contributed by atoms with E-state index in [0.29, 0.717) is 17.9 Å². The van der Waals surface area contributed by atoms with Gasteiger partial charge in [-0.15, -0.1) is 10.2 Å². The Morgan fingerprint density at radius 3 is 2.65 bits per heavy atom. The maximum absolute atomic E-state index is 11.9. The van der Waals surface area contributed by atoms with Gasteiger partial charge in [0.2, 0.25) is 0 Å². The molecule has 4 rings (SSSR count). The lowest BCUT2D eigenvalue weighted by Crippen LogP contribution is -2.38. The third-order valence-corrected chi connectivity index (χ3v) is 5.98. The highest BCUT2D eigenvalue weighted by atomic mass is 127. The number of aromatic nitrogens is 3. The van der Waals surface area contributed by atoms with Crippen LogP contribution in [0.3, 0.4) is 0 Å². The molecule has 1 aliphatic rings. The zero-order valence-corrected chi connectivity index (χ0v) is 19.4. The number of esters is 1. The standard InChI is InChI=1S/C23H23IN4O3/c1-2-30-23(29)17-13-16(14-25-15-17)20-7-8-22(27-26-20)28-11-9-18(10-12-28)31-21-6-4-3-5-19(21)24/h3-8,13-15,18H,2,9-12H2,1H3. The molecule has 1 fully saturated rings. The van der Waals surface area contributed by atoms with Crippen LogP contribution in [-0.2, 0) is 4.74 Å². The molecule has 3 heterocycles. The lowest BCUT2D eigenvalue weighted by Gasteiger charge is -2.32. The fourth-order valence-corrected chi connectivity index (χ4v) is 3.99. The van der Waals surface area contributed by atoms with Crippen molar-refractivity contribution >= 4 is 34.4 Å². The number of anilines is 1. The van der Waals surface area contributed by atoms with Crippen molar-refractivity contribution in [2.45, 2.75) is 25.9 Å². The molecule has 0 radical (unpaired) electrons. The summed E-state index contributed by atoms with van der Waals surface area (Å²) in [6, 6.07) is 13.7. The number of nitrogens with zero attached hydrogens (tertiary/aromatic N) is 4. The summed E-state index contributed by atoms with van der Waals surface area (Å²) >= 11 is 2.30. The van der Waals surface area contributed by atoms with Gasteiger partial charge in [-0.1, -0.05) is 12.1 Å². The van der Waals surface area contributed by atoms with Crippen LogP contribution in [-0.4, -0.2) is 47.0 Å². The highest BCUT2D eigenvalue weighted by Crippen LogP contribution is 2.26. The minimum atomic E-state index is -0.392. The number of hydrogen-bond donors (Lipinski definition) is 0.